The van der Waals surface area contributed by atoms with Crippen molar-refractivity contribution in [2.24, 2.45) is 0 Å². The lowest BCUT2D eigenvalue weighted by Crippen LogP contribution is -2.22. The van der Waals surface area contributed by atoms with Crippen molar-refractivity contribution in [2.45, 2.75) is 13.1 Å². The molecule has 26 heavy (non-hydrogen) atoms. The van der Waals surface area contributed by atoms with Gasteiger partial charge in [0.15, 0.2) is 0 Å². The van der Waals surface area contributed by atoms with Crippen molar-refractivity contribution < 1.29 is 9.21 Å². The normalized spacial score (nSPS) is 10.8. The molecule has 0 aliphatic rings. The fourth-order valence-corrected chi connectivity index (χ4v) is 3.07. The van der Waals surface area contributed by atoms with Crippen LogP contribution in [0.1, 0.15) is 21.8 Å². The molecule has 8 heteroatoms. The highest BCUT2D eigenvalue weighted by Gasteiger charge is 2.11. The van der Waals surface area contributed by atoms with Crippen molar-refractivity contribution in [3.05, 3.63) is 77.3 Å². The summed E-state index contributed by atoms with van der Waals surface area (Å²) in [6.07, 6.45) is 3.64. The molecule has 3 aromatic heterocycles. The smallest absolute Gasteiger partial charge is 0.257 e. The van der Waals surface area contributed by atoms with Crippen molar-refractivity contribution >= 4 is 17.2 Å². The lowest BCUT2D eigenvalue weighted by molar-refractivity contribution is 0.0947. The second kappa shape index (κ2) is 7.32. The molecule has 4 aromatic rings. The van der Waals surface area contributed by atoms with Crippen LogP contribution >= 0.6 is 11.3 Å². The second-order valence-corrected chi connectivity index (χ2v) is 6.51. The van der Waals surface area contributed by atoms with E-state index in [1.807, 2.05) is 46.6 Å². The first-order valence-electron chi connectivity index (χ1n) is 7.99. The molecule has 7 nitrogen and oxygen atoms in total. The fraction of sp³-hybridized carbons (Fsp3) is 0.111. The predicted octanol–water partition coefficient (Wildman–Crippen LogP) is 2.97. The summed E-state index contributed by atoms with van der Waals surface area (Å²) in [5, 5.41) is 16.8. The van der Waals surface area contributed by atoms with E-state index in [4.69, 9.17) is 4.42 Å². The van der Waals surface area contributed by atoms with Gasteiger partial charge in [-0.05, 0) is 35.2 Å². The zero-order chi connectivity index (χ0) is 17.8. The highest BCUT2D eigenvalue weighted by atomic mass is 32.1. The Morgan fingerprint density at radius 2 is 2.04 bits per heavy atom. The number of benzene rings is 1. The van der Waals surface area contributed by atoms with Crippen LogP contribution in [0.2, 0.25) is 0 Å². The Kier molecular flexibility index (Phi) is 4.57. The van der Waals surface area contributed by atoms with Crippen molar-refractivity contribution in [1.82, 2.24) is 25.3 Å². The van der Waals surface area contributed by atoms with E-state index < -0.39 is 0 Å². The summed E-state index contributed by atoms with van der Waals surface area (Å²) in [6.45, 7) is 0.856. The third kappa shape index (κ3) is 3.70. The van der Waals surface area contributed by atoms with Gasteiger partial charge in [-0.15, -0.1) is 21.5 Å². The zero-order valence-corrected chi connectivity index (χ0v) is 14.5. The van der Waals surface area contributed by atoms with Crippen LogP contribution < -0.4 is 5.32 Å². The highest BCUT2D eigenvalue weighted by Crippen LogP contribution is 2.22. The number of nitrogens with one attached hydrogen (secondary N) is 1. The van der Waals surface area contributed by atoms with Crippen molar-refractivity contribution in [3.8, 4) is 10.8 Å². The number of nitrogens with zero attached hydrogens (tertiary/aromatic N) is 4. The summed E-state index contributed by atoms with van der Waals surface area (Å²) in [6, 6.07) is 13.1. The molecule has 0 bridgehead atoms. The van der Waals surface area contributed by atoms with Gasteiger partial charge in [-0.2, -0.15) is 5.10 Å². The predicted molar refractivity (Wildman–Crippen MR) is 96.6 cm³/mol. The van der Waals surface area contributed by atoms with Gasteiger partial charge in [-0.1, -0.05) is 18.2 Å². The second-order valence-electron chi connectivity index (χ2n) is 5.56. The Hall–Kier alpha value is -3.26. The van der Waals surface area contributed by atoms with Crippen molar-refractivity contribution in [3.63, 3.8) is 0 Å². The van der Waals surface area contributed by atoms with Gasteiger partial charge in [0.05, 0.1) is 18.0 Å². The van der Waals surface area contributed by atoms with E-state index in [1.165, 1.54) is 11.3 Å². The van der Waals surface area contributed by atoms with Crippen LogP contribution in [-0.4, -0.2) is 25.9 Å². The van der Waals surface area contributed by atoms with Crippen LogP contribution in [0.4, 0.5) is 0 Å². The van der Waals surface area contributed by atoms with Gasteiger partial charge < -0.3 is 9.73 Å². The minimum Gasteiger partial charge on any atom is -0.418 e. The third-order valence-corrected chi connectivity index (χ3v) is 4.58. The summed E-state index contributed by atoms with van der Waals surface area (Å²) < 4.78 is 7.39. The molecule has 0 saturated carbocycles. The largest absolute Gasteiger partial charge is 0.418 e. The monoisotopic (exact) mass is 365 g/mol. The first-order valence-corrected chi connectivity index (χ1v) is 8.87. The van der Waals surface area contributed by atoms with Crippen molar-refractivity contribution in [2.75, 3.05) is 0 Å². The van der Waals surface area contributed by atoms with E-state index in [-0.39, 0.29) is 12.5 Å². The molecule has 4 rings (SSSR count). The minimum absolute atomic E-state index is 0.187. The van der Waals surface area contributed by atoms with Gasteiger partial charge >= 0.3 is 0 Å². The number of amides is 1. The Bertz CT molecular complexity index is 975. The molecule has 0 radical (unpaired) electrons. The Morgan fingerprint density at radius 3 is 2.77 bits per heavy atom. The maximum absolute atomic E-state index is 12.3. The van der Waals surface area contributed by atoms with Crippen LogP contribution in [0.15, 0.2) is 64.7 Å². The van der Waals surface area contributed by atoms with Crippen LogP contribution in [0.25, 0.3) is 10.8 Å². The van der Waals surface area contributed by atoms with Gasteiger partial charge in [0.1, 0.15) is 0 Å². The molecular formula is C18H15N5O2S. The molecule has 130 valence electrons. The SMILES string of the molecule is O=C(NCc1nnc(-c2cccs2)o1)c1ccc(Cn2cccn2)cc1. The Labute approximate surface area is 153 Å². The molecule has 0 saturated heterocycles. The molecule has 0 aliphatic heterocycles. The van der Waals surface area contributed by atoms with Gasteiger partial charge in [0.25, 0.3) is 11.8 Å². The summed E-state index contributed by atoms with van der Waals surface area (Å²) in [7, 11) is 0. The van der Waals surface area contributed by atoms with E-state index in [0.29, 0.717) is 23.9 Å². The first-order chi connectivity index (χ1) is 12.8. The molecule has 0 aliphatic carbocycles. The van der Waals surface area contributed by atoms with Gasteiger partial charge in [-0.25, -0.2) is 0 Å². The summed E-state index contributed by atoms with van der Waals surface area (Å²) >= 11 is 1.52. The van der Waals surface area contributed by atoms with Crippen LogP contribution in [0.3, 0.4) is 0 Å². The summed E-state index contributed by atoms with van der Waals surface area (Å²) in [4.78, 5) is 13.2. The molecule has 1 aromatic carbocycles. The molecular weight excluding hydrogens is 350 g/mol. The molecule has 0 spiro atoms. The number of hydrogen-bond donors (Lipinski definition) is 1. The van der Waals surface area contributed by atoms with E-state index in [2.05, 4.69) is 20.6 Å². The molecule has 3 heterocycles. The van der Waals surface area contributed by atoms with E-state index in [0.717, 1.165) is 10.4 Å². The molecule has 1 amide bonds. The molecule has 0 unspecified atom stereocenters. The van der Waals surface area contributed by atoms with Crippen LogP contribution in [0, 0.1) is 0 Å². The molecule has 1 N–H and O–H groups in total. The topological polar surface area (TPSA) is 85.8 Å². The van der Waals surface area contributed by atoms with Crippen LogP contribution in [-0.2, 0) is 13.1 Å². The van der Waals surface area contributed by atoms with Crippen molar-refractivity contribution in [1.29, 1.82) is 0 Å². The number of thiophene rings is 1. The minimum atomic E-state index is -0.188. The summed E-state index contributed by atoms with van der Waals surface area (Å²) in [5.41, 5.74) is 1.65. The fourth-order valence-electron chi connectivity index (χ4n) is 2.43. The standard InChI is InChI=1S/C18H15N5O2S/c24-17(14-6-4-13(5-7-14)12-23-9-2-8-20-23)19-11-16-21-22-18(25-16)15-3-1-10-26-15/h1-10H,11-12H2,(H,19,24). The average Bonchev–Trinajstić information content (AvgIpc) is 3.41. The number of hydrogen-bond acceptors (Lipinski definition) is 6. The first kappa shape index (κ1) is 16.2. The lowest BCUT2D eigenvalue weighted by Gasteiger charge is -2.05. The average molecular weight is 365 g/mol. The third-order valence-electron chi connectivity index (χ3n) is 3.72. The quantitative estimate of drug-likeness (QED) is 0.568. The van der Waals surface area contributed by atoms with Gasteiger partial charge in [-0.3, -0.25) is 9.48 Å². The summed E-state index contributed by atoms with van der Waals surface area (Å²) in [5.74, 6) is 0.649. The van der Waals surface area contributed by atoms with Gasteiger partial charge in [0, 0.05) is 18.0 Å². The Morgan fingerprint density at radius 1 is 1.15 bits per heavy atom. The maximum atomic E-state index is 12.3. The maximum Gasteiger partial charge on any atom is 0.257 e. The number of aromatic nitrogens is 4. The number of carbonyl (C=O) groups excluding carboxylic acids is 1. The molecule has 0 fully saturated rings. The number of rotatable bonds is 6. The van der Waals surface area contributed by atoms with Gasteiger partial charge in [0.2, 0.25) is 5.89 Å². The molecule has 0 atom stereocenters. The van der Waals surface area contributed by atoms with E-state index in [9.17, 15) is 4.79 Å². The number of carbonyl (C=O) groups is 1. The van der Waals surface area contributed by atoms with Crippen LogP contribution in [0.5, 0.6) is 0 Å². The lowest BCUT2D eigenvalue weighted by atomic mass is 10.1. The zero-order valence-electron chi connectivity index (χ0n) is 13.7. The van der Waals surface area contributed by atoms with E-state index in [1.54, 1.807) is 18.3 Å². The van der Waals surface area contributed by atoms with E-state index >= 15 is 0 Å². The highest BCUT2D eigenvalue weighted by molar-refractivity contribution is 7.13. The Balaban J connectivity index is 1.34.